The van der Waals surface area contributed by atoms with Gasteiger partial charge in [0.15, 0.2) is 6.61 Å². The third kappa shape index (κ3) is 4.99. The summed E-state index contributed by atoms with van der Waals surface area (Å²) in [5, 5.41) is 7.33. The van der Waals surface area contributed by atoms with E-state index < -0.39 is 0 Å². The van der Waals surface area contributed by atoms with Crippen molar-refractivity contribution in [1.82, 2.24) is 20.0 Å². The second-order valence-electron chi connectivity index (χ2n) is 6.39. The third-order valence-corrected chi connectivity index (χ3v) is 4.39. The first kappa shape index (κ1) is 18.8. The van der Waals surface area contributed by atoms with Gasteiger partial charge in [-0.15, -0.1) is 0 Å². The van der Waals surface area contributed by atoms with Crippen molar-refractivity contribution in [3.8, 4) is 11.5 Å². The van der Waals surface area contributed by atoms with Crippen LogP contribution in [0.25, 0.3) is 0 Å². The maximum Gasteiger partial charge on any atom is 0.258 e. The highest BCUT2D eigenvalue weighted by atomic mass is 16.5. The highest BCUT2D eigenvalue weighted by Gasteiger charge is 2.18. The fraction of sp³-hybridized carbons (Fsp3) is 0.421. The van der Waals surface area contributed by atoms with Gasteiger partial charge in [0, 0.05) is 26.1 Å². The number of nitrogens with zero attached hydrogens (tertiary/aromatic N) is 3. The molecule has 1 aliphatic heterocycles. The Hall–Kier alpha value is -3.03. The summed E-state index contributed by atoms with van der Waals surface area (Å²) in [4.78, 5) is 25.5. The van der Waals surface area contributed by atoms with Crippen molar-refractivity contribution < 1.29 is 19.1 Å². The third-order valence-electron chi connectivity index (χ3n) is 4.39. The first-order valence-electron chi connectivity index (χ1n) is 8.90. The number of aromatic nitrogens is 2. The van der Waals surface area contributed by atoms with E-state index in [0.29, 0.717) is 24.6 Å². The molecule has 0 atom stereocenters. The minimum Gasteiger partial charge on any atom is -0.497 e. The lowest BCUT2D eigenvalue weighted by atomic mass is 10.3. The molecule has 2 amide bonds. The summed E-state index contributed by atoms with van der Waals surface area (Å²) < 4.78 is 12.5. The normalized spacial score (nSPS) is 13.5. The van der Waals surface area contributed by atoms with Crippen LogP contribution in [0.1, 0.15) is 24.7 Å². The van der Waals surface area contributed by atoms with Crippen molar-refractivity contribution in [2.75, 3.05) is 20.3 Å². The Morgan fingerprint density at radius 3 is 2.81 bits per heavy atom. The van der Waals surface area contributed by atoms with Crippen LogP contribution in [0, 0.1) is 0 Å². The molecule has 0 radical (unpaired) electrons. The quantitative estimate of drug-likeness (QED) is 0.827. The number of benzene rings is 1. The van der Waals surface area contributed by atoms with Crippen LogP contribution >= 0.6 is 0 Å². The van der Waals surface area contributed by atoms with E-state index in [1.807, 2.05) is 21.7 Å². The Morgan fingerprint density at radius 1 is 1.22 bits per heavy atom. The van der Waals surface area contributed by atoms with Crippen molar-refractivity contribution >= 4 is 11.8 Å². The number of hydrogen-bond donors (Lipinski definition) is 1. The minimum absolute atomic E-state index is 0.0641. The first-order chi connectivity index (χ1) is 13.0. The summed E-state index contributed by atoms with van der Waals surface area (Å²) >= 11 is 0. The first-order valence-corrected chi connectivity index (χ1v) is 8.90. The van der Waals surface area contributed by atoms with Gasteiger partial charge in [-0.3, -0.25) is 14.3 Å². The van der Waals surface area contributed by atoms with Gasteiger partial charge in [-0.2, -0.15) is 5.10 Å². The number of amides is 2. The van der Waals surface area contributed by atoms with E-state index in [9.17, 15) is 9.59 Å². The highest BCUT2D eigenvalue weighted by molar-refractivity contribution is 5.77. The van der Waals surface area contributed by atoms with Crippen LogP contribution in [0.2, 0.25) is 0 Å². The molecule has 0 spiro atoms. The second kappa shape index (κ2) is 8.57. The number of fused-ring (bicyclic) bond motifs is 1. The fourth-order valence-corrected chi connectivity index (χ4v) is 2.96. The van der Waals surface area contributed by atoms with Crippen molar-refractivity contribution in [3.63, 3.8) is 0 Å². The van der Waals surface area contributed by atoms with E-state index >= 15 is 0 Å². The molecule has 1 N–H and O–H groups in total. The molecule has 1 aliphatic rings. The van der Waals surface area contributed by atoms with Gasteiger partial charge >= 0.3 is 0 Å². The Labute approximate surface area is 158 Å². The summed E-state index contributed by atoms with van der Waals surface area (Å²) in [6.45, 7) is 3.88. The minimum atomic E-state index is -0.230. The predicted octanol–water partition coefficient (Wildman–Crippen LogP) is 1.34. The molecular weight excluding hydrogens is 348 g/mol. The molecule has 1 aromatic carbocycles. The van der Waals surface area contributed by atoms with Gasteiger partial charge < -0.3 is 19.7 Å². The van der Waals surface area contributed by atoms with Gasteiger partial charge in [-0.05, 0) is 24.6 Å². The van der Waals surface area contributed by atoms with E-state index in [2.05, 4.69) is 10.4 Å². The molecule has 3 rings (SSSR count). The van der Waals surface area contributed by atoms with Crippen LogP contribution < -0.4 is 14.8 Å². The number of carbonyl (C=O) groups excluding carboxylic acids is 2. The standard InChI is InChI=1S/C19H24N4O4/c1-14(24)22-7-4-8-23-16(12-22)9-15(21-23)11-20-19(25)13-27-18-6-3-5-17(10-18)26-2/h3,5-6,9-10H,4,7-8,11-13H2,1-2H3,(H,20,25). The monoisotopic (exact) mass is 372 g/mol. The topological polar surface area (TPSA) is 85.7 Å². The number of ether oxygens (including phenoxy) is 2. The lowest BCUT2D eigenvalue weighted by molar-refractivity contribution is -0.129. The largest absolute Gasteiger partial charge is 0.497 e. The van der Waals surface area contributed by atoms with Crippen LogP contribution in [0.3, 0.4) is 0 Å². The molecular formula is C19H24N4O4. The van der Waals surface area contributed by atoms with E-state index in [1.54, 1.807) is 32.2 Å². The number of methoxy groups -OCH3 is 1. The maximum atomic E-state index is 12.0. The number of aryl methyl sites for hydroxylation is 1. The van der Waals surface area contributed by atoms with Gasteiger partial charge in [0.05, 0.1) is 31.6 Å². The summed E-state index contributed by atoms with van der Waals surface area (Å²) in [5.74, 6) is 1.08. The molecule has 0 unspecified atom stereocenters. The summed E-state index contributed by atoms with van der Waals surface area (Å²) in [6.07, 6.45) is 0.869. The Balaban J connectivity index is 1.50. The van der Waals surface area contributed by atoms with E-state index in [4.69, 9.17) is 9.47 Å². The Kier molecular flexibility index (Phi) is 5.95. The lowest BCUT2D eigenvalue weighted by Crippen LogP contribution is -2.29. The van der Waals surface area contributed by atoms with Crippen LogP contribution in [0.15, 0.2) is 30.3 Å². The molecule has 2 aromatic rings. The molecule has 0 saturated heterocycles. The highest BCUT2D eigenvalue weighted by Crippen LogP contribution is 2.18. The SMILES string of the molecule is COc1cccc(OCC(=O)NCc2cc3n(n2)CCCN(C(C)=O)C3)c1. The molecule has 0 saturated carbocycles. The van der Waals surface area contributed by atoms with Gasteiger partial charge in [0.25, 0.3) is 5.91 Å². The average molecular weight is 372 g/mol. The molecule has 144 valence electrons. The van der Waals surface area contributed by atoms with Gasteiger partial charge in [0.1, 0.15) is 11.5 Å². The van der Waals surface area contributed by atoms with E-state index in [-0.39, 0.29) is 18.4 Å². The zero-order valence-electron chi connectivity index (χ0n) is 15.6. The smallest absolute Gasteiger partial charge is 0.258 e. The number of nitrogens with one attached hydrogen (secondary N) is 1. The van der Waals surface area contributed by atoms with Crippen LogP contribution in [0.5, 0.6) is 11.5 Å². The van der Waals surface area contributed by atoms with Crippen molar-refractivity contribution in [2.45, 2.75) is 33.0 Å². The second-order valence-corrected chi connectivity index (χ2v) is 6.39. The molecule has 0 bridgehead atoms. The Morgan fingerprint density at radius 2 is 2.04 bits per heavy atom. The zero-order valence-corrected chi connectivity index (χ0v) is 15.6. The molecule has 0 fully saturated rings. The lowest BCUT2D eigenvalue weighted by Gasteiger charge is -2.17. The molecule has 2 heterocycles. The van der Waals surface area contributed by atoms with Gasteiger partial charge in [-0.25, -0.2) is 0 Å². The fourth-order valence-electron chi connectivity index (χ4n) is 2.96. The average Bonchev–Trinajstić information content (AvgIpc) is 2.94. The van der Waals surface area contributed by atoms with Crippen molar-refractivity contribution in [3.05, 3.63) is 41.7 Å². The van der Waals surface area contributed by atoms with Gasteiger partial charge in [0.2, 0.25) is 5.91 Å². The number of rotatable bonds is 6. The summed E-state index contributed by atoms with van der Waals surface area (Å²) in [6, 6.07) is 9.03. The molecule has 27 heavy (non-hydrogen) atoms. The van der Waals surface area contributed by atoms with Gasteiger partial charge in [-0.1, -0.05) is 6.07 Å². The van der Waals surface area contributed by atoms with Crippen LogP contribution in [-0.4, -0.2) is 46.8 Å². The molecule has 8 heteroatoms. The molecule has 0 aliphatic carbocycles. The van der Waals surface area contributed by atoms with Crippen LogP contribution in [-0.2, 0) is 29.2 Å². The maximum absolute atomic E-state index is 12.0. The predicted molar refractivity (Wildman–Crippen MR) is 98.3 cm³/mol. The summed E-state index contributed by atoms with van der Waals surface area (Å²) in [7, 11) is 1.58. The zero-order chi connectivity index (χ0) is 19.2. The van der Waals surface area contributed by atoms with E-state index in [0.717, 1.165) is 30.9 Å². The molecule has 8 nitrogen and oxygen atoms in total. The van der Waals surface area contributed by atoms with E-state index in [1.165, 1.54) is 0 Å². The Bertz CT molecular complexity index is 818. The van der Waals surface area contributed by atoms with Crippen LogP contribution in [0.4, 0.5) is 0 Å². The number of carbonyl (C=O) groups is 2. The number of hydrogen-bond acceptors (Lipinski definition) is 5. The molecule has 1 aromatic heterocycles. The van der Waals surface area contributed by atoms with Crippen molar-refractivity contribution in [1.29, 1.82) is 0 Å². The summed E-state index contributed by atoms with van der Waals surface area (Å²) in [5.41, 5.74) is 1.75. The van der Waals surface area contributed by atoms with Crippen molar-refractivity contribution in [2.24, 2.45) is 0 Å².